The number of hydrogen-bond donors (Lipinski definition) is 1. The van der Waals surface area contributed by atoms with Crippen molar-refractivity contribution in [2.24, 2.45) is 0 Å². The summed E-state index contributed by atoms with van der Waals surface area (Å²) < 4.78 is 18.9. The number of hydrogen-bond acceptors (Lipinski definition) is 5. The number of carbonyl (C=O) groups excluding carboxylic acids is 1. The van der Waals surface area contributed by atoms with Crippen LogP contribution in [0.3, 0.4) is 0 Å². The molecule has 0 unspecified atom stereocenters. The molecule has 192 valence electrons. The van der Waals surface area contributed by atoms with Gasteiger partial charge in [0.2, 0.25) is 5.91 Å². The zero-order valence-corrected chi connectivity index (χ0v) is 21.4. The van der Waals surface area contributed by atoms with Crippen LogP contribution in [0, 0.1) is 0 Å². The molecule has 3 aromatic carbocycles. The number of fused-ring (bicyclic) bond motifs is 1. The molecule has 1 N–H and O–H groups in total. The van der Waals surface area contributed by atoms with Crippen molar-refractivity contribution in [1.29, 1.82) is 0 Å². The maximum Gasteiger partial charge on any atom is 0.224 e. The van der Waals surface area contributed by atoms with Crippen molar-refractivity contribution in [1.82, 2.24) is 14.9 Å². The molecule has 7 heteroatoms. The Labute approximate surface area is 217 Å². The number of amides is 1. The molecule has 0 aliphatic heterocycles. The van der Waals surface area contributed by atoms with E-state index in [2.05, 4.69) is 22.5 Å². The summed E-state index contributed by atoms with van der Waals surface area (Å²) in [7, 11) is 3.27. The minimum absolute atomic E-state index is 0.0249. The second kappa shape index (κ2) is 12.6. The van der Waals surface area contributed by atoms with Gasteiger partial charge in [-0.2, -0.15) is 0 Å². The minimum atomic E-state index is -0.0249. The number of ether oxygens (including phenoxy) is 3. The number of benzene rings is 3. The monoisotopic (exact) mass is 499 g/mol. The number of aromatic nitrogens is 2. The first-order valence-corrected chi connectivity index (χ1v) is 12.4. The lowest BCUT2D eigenvalue weighted by Gasteiger charge is -2.14. The molecular formula is C30H33N3O4. The second-order valence-electron chi connectivity index (χ2n) is 8.62. The lowest BCUT2D eigenvalue weighted by molar-refractivity contribution is -0.120. The van der Waals surface area contributed by atoms with Crippen molar-refractivity contribution < 1.29 is 19.0 Å². The smallest absolute Gasteiger partial charge is 0.224 e. The summed E-state index contributed by atoms with van der Waals surface area (Å²) in [5.74, 6) is 3.06. The summed E-state index contributed by atoms with van der Waals surface area (Å²) in [4.78, 5) is 17.3. The highest BCUT2D eigenvalue weighted by Gasteiger charge is 2.12. The summed E-state index contributed by atoms with van der Waals surface area (Å²) in [6, 6.07) is 21.5. The van der Waals surface area contributed by atoms with Crippen LogP contribution < -0.4 is 19.5 Å². The average Bonchev–Trinajstić information content (AvgIpc) is 3.27. The second-order valence-corrected chi connectivity index (χ2v) is 8.62. The van der Waals surface area contributed by atoms with Gasteiger partial charge in [0.1, 0.15) is 18.2 Å². The molecule has 0 fully saturated rings. The van der Waals surface area contributed by atoms with Crippen molar-refractivity contribution in [2.75, 3.05) is 27.4 Å². The van der Waals surface area contributed by atoms with Crippen LogP contribution in [-0.2, 0) is 30.6 Å². The van der Waals surface area contributed by atoms with Crippen LogP contribution >= 0.6 is 0 Å². The predicted molar refractivity (Wildman–Crippen MR) is 146 cm³/mol. The van der Waals surface area contributed by atoms with Crippen LogP contribution in [0.4, 0.5) is 0 Å². The first kappa shape index (κ1) is 25.8. The molecule has 0 aliphatic rings. The quantitative estimate of drug-likeness (QED) is 0.269. The molecule has 37 heavy (non-hydrogen) atoms. The van der Waals surface area contributed by atoms with Gasteiger partial charge in [-0.25, -0.2) is 4.98 Å². The number of carbonyl (C=O) groups is 1. The first-order valence-electron chi connectivity index (χ1n) is 12.4. The number of imidazole rings is 1. The van der Waals surface area contributed by atoms with Gasteiger partial charge >= 0.3 is 0 Å². The van der Waals surface area contributed by atoms with Crippen LogP contribution in [0.1, 0.15) is 17.0 Å². The number of methoxy groups -OCH3 is 2. The molecule has 1 aromatic heterocycles. The highest BCUT2D eigenvalue weighted by Crippen LogP contribution is 2.28. The fraction of sp³-hybridized carbons (Fsp3) is 0.267. The van der Waals surface area contributed by atoms with Crippen molar-refractivity contribution in [2.45, 2.75) is 25.8 Å². The van der Waals surface area contributed by atoms with Gasteiger partial charge in [-0.15, -0.1) is 6.58 Å². The van der Waals surface area contributed by atoms with Crippen molar-refractivity contribution in [3.63, 3.8) is 0 Å². The zero-order chi connectivity index (χ0) is 26.0. The van der Waals surface area contributed by atoms with Gasteiger partial charge in [0.15, 0.2) is 11.5 Å². The van der Waals surface area contributed by atoms with Crippen molar-refractivity contribution in [3.8, 4) is 17.2 Å². The maximum atomic E-state index is 12.5. The Morgan fingerprint density at radius 1 is 1.00 bits per heavy atom. The van der Waals surface area contributed by atoms with Crippen LogP contribution in [0.25, 0.3) is 11.0 Å². The Hall–Kier alpha value is -4.26. The first-order chi connectivity index (χ1) is 18.1. The van der Waals surface area contributed by atoms with E-state index in [9.17, 15) is 4.79 Å². The van der Waals surface area contributed by atoms with Crippen molar-refractivity contribution >= 4 is 16.9 Å². The third-order valence-electron chi connectivity index (χ3n) is 6.11. The van der Waals surface area contributed by atoms with E-state index in [-0.39, 0.29) is 5.91 Å². The summed E-state index contributed by atoms with van der Waals surface area (Å²) in [5.41, 5.74) is 4.03. The normalized spacial score (nSPS) is 10.8. The van der Waals surface area contributed by atoms with E-state index in [1.165, 1.54) is 0 Å². The van der Waals surface area contributed by atoms with E-state index in [0.29, 0.717) is 44.0 Å². The van der Waals surface area contributed by atoms with Gasteiger partial charge < -0.3 is 24.1 Å². The average molecular weight is 500 g/mol. The molecule has 4 rings (SSSR count). The van der Waals surface area contributed by atoms with Gasteiger partial charge in [0, 0.05) is 13.0 Å². The maximum absolute atomic E-state index is 12.5. The molecule has 4 aromatic rings. The number of para-hydroxylation sites is 2. The lowest BCUT2D eigenvalue weighted by atomic mass is 10.1. The van der Waals surface area contributed by atoms with E-state index in [1.54, 1.807) is 14.2 Å². The van der Waals surface area contributed by atoms with Crippen LogP contribution in [0.15, 0.2) is 79.4 Å². The molecule has 1 amide bonds. The highest BCUT2D eigenvalue weighted by molar-refractivity contribution is 5.78. The van der Waals surface area contributed by atoms with Gasteiger partial charge in [-0.1, -0.05) is 36.4 Å². The molecule has 0 bridgehead atoms. The Kier molecular flexibility index (Phi) is 8.81. The third-order valence-corrected chi connectivity index (χ3v) is 6.11. The van der Waals surface area contributed by atoms with Gasteiger partial charge in [0.25, 0.3) is 0 Å². The number of allylic oxidation sites excluding steroid dienone is 1. The summed E-state index contributed by atoms with van der Waals surface area (Å²) in [6.45, 7) is 5.36. The SMILES string of the molecule is C=CCc1ccc(OCCn2c(CCNC(=O)Cc3ccc(OC)cc3)nc3ccccc32)c(OC)c1. The fourth-order valence-electron chi connectivity index (χ4n) is 4.24. The van der Waals surface area contributed by atoms with Crippen LogP contribution in [0.5, 0.6) is 17.2 Å². The van der Waals surface area contributed by atoms with E-state index in [0.717, 1.165) is 40.2 Å². The highest BCUT2D eigenvalue weighted by atomic mass is 16.5. The third kappa shape index (κ3) is 6.70. The minimum Gasteiger partial charge on any atom is -0.497 e. The van der Waals surface area contributed by atoms with E-state index in [4.69, 9.17) is 19.2 Å². The summed E-state index contributed by atoms with van der Waals surface area (Å²) in [5, 5.41) is 3.01. The molecule has 1 heterocycles. The lowest BCUT2D eigenvalue weighted by Crippen LogP contribution is -2.28. The van der Waals surface area contributed by atoms with Crippen LogP contribution in [-0.4, -0.2) is 42.8 Å². The molecule has 0 radical (unpaired) electrons. The van der Waals surface area contributed by atoms with Gasteiger partial charge in [0.05, 0.1) is 38.2 Å². The van der Waals surface area contributed by atoms with Crippen molar-refractivity contribution in [3.05, 3.63) is 96.3 Å². The molecule has 0 saturated carbocycles. The topological polar surface area (TPSA) is 74.6 Å². The van der Waals surface area contributed by atoms with E-state index < -0.39 is 0 Å². The summed E-state index contributed by atoms with van der Waals surface area (Å²) in [6.07, 6.45) is 3.57. The van der Waals surface area contributed by atoms with Crippen LogP contribution in [0.2, 0.25) is 0 Å². The standard InChI is InChI=1S/C30H33N3O4/c1-4-7-22-12-15-27(28(20-22)36-3)37-19-18-33-26-9-6-5-8-25(26)32-29(33)16-17-31-30(34)21-23-10-13-24(35-2)14-11-23/h4-6,8-15,20H,1,7,16-19,21H2,2-3H3,(H,31,34). The van der Waals surface area contributed by atoms with E-state index in [1.807, 2.05) is 66.7 Å². The van der Waals surface area contributed by atoms with Gasteiger partial charge in [-0.3, -0.25) is 4.79 Å². The Morgan fingerprint density at radius 2 is 1.78 bits per heavy atom. The molecule has 0 saturated heterocycles. The fourth-order valence-corrected chi connectivity index (χ4v) is 4.24. The molecule has 7 nitrogen and oxygen atoms in total. The number of rotatable bonds is 13. The molecular weight excluding hydrogens is 466 g/mol. The molecule has 0 spiro atoms. The number of nitrogens with one attached hydrogen (secondary N) is 1. The molecule has 0 aliphatic carbocycles. The summed E-state index contributed by atoms with van der Waals surface area (Å²) >= 11 is 0. The Morgan fingerprint density at radius 3 is 2.54 bits per heavy atom. The molecule has 0 atom stereocenters. The zero-order valence-electron chi connectivity index (χ0n) is 21.4. The van der Waals surface area contributed by atoms with Gasteiger partial charge in [-0.05, 0) is 53.9 Å². The Bertz CT molecular complexity index is 1340. The predicted octanol–water partition coefficient (Wildman–Crippen LogP) is 4.76. The van der Waals surface area contributed by atoms with E-state index >= 15 is 0 Å². The largest absolute Gasteiger partial charge is 0.497 e. The number of nitrogens with zero attached hydrogens (tertiary/aromatic N) is 2. The Balaban J connectivity index is 1.37.